The molecule has 0 spiro atoms. The van der Waals surface area contributed by atoms with E-state index in [0.717, 1.165) is 22.1 Å². The van der Waals surface area contributed by atoms with Crippen LogP contribution >= 0.6 is 0 Å². The van der Waals surface area contributed by atoms with E-state index in [0.29, 0.717) is 0 Å². The van der Waals surface area contributed by atoms with Crippen molar-refractivity contribution in [2.24, 2.45) is 0 Å². The fraction of sp³-hybridized carbons (Fsp3) is 0.118. The van der Waals surface area contributed by atoms with Crippen LogP contribution in [0.4, 0.5) is 10.1 Å². The summed E-state index contributed by atoms with van der Waals surface area (Å²) in [5, 5.41) is 3.49. The minimum atomic E-state index is -0.446. The monoisotopic (exact) mass is 283 g/mol. The van der Waals surface area contributed by atoms with E-state index >= 15 is 0 Å². The van der Waals surface area contributed by atoms with Gasteiger partial charge in [0.25, 0.3) is 0 Å². The van der Waals surface area contributed by atoms with E-state index < -0.39 is 5.82 Å². The van der Waals surface area contributed by atoms with E-state index in [1.165, 1.54) is 12.1 Å². The number of furan rings is 1. The molecule has 106 valence electrons. The first-order chi connectivity index (χ1) is 10.1. The molecule has 1 aromatic heterocycles. The number of carbonyl (C=O) groups is 1. The summed E-state index contributed by atoms with van der Waals surface area (Å²) in [6.45, 7) is 1.98. The molecule has 1 amide bonds. The normalized spacial score (nSPS) is 10.8. The van der Waals surface area contributed by atoms with Crippen LogP contribution in [-0.2, 0) is 11.2 Å². The van der Waals surface area contributed by atoms with Crippen LogP contribution in [0.1, 0.15) is 11.1 Å². The first kappa shape index (κ1) is 13.4. The minimum Gasteiger partial charge on any atom is -0.464 e. The van der Waals surface area contributed by atoms with Crippen molar-refractivity contribution in [3.05, 3.63) is 65.7 Å². The Morgan fingerprint density at radius 2 is 2.05 bits per heavy atom. The van der Waals surface area contributed by atoms with E-state index in [2.05, 4.69) is 5.32 Å². The lowest BCUT2D eigenvalue weighted by atomic mass is 10.1. The van der Waals surface area contributed by atoms with Gasteiger partial charge in [-0.1, -0.05) is 23.8 Å². The van der Waals surface area contributed by atoms with E-state index in [1.54, 1.807) is 18.4 Å². The second kappa shape index (κ2) is 5.40. The number of carbonyl (C=O) groups excluding carboxylic acids is 1. The van der Waals surface area contributed by atoms with Crippen LogP contribution in [0.5, 0.6) is 0 Å². The number of hydrogen-bond acceptors (Lipinski definition) is 2. The van der Waals surface area contributed by atoms with E-state index in [9.17, 15) is 9.18 Å². The van der Waals surface area contributed by atoms with Crippen molar-refractivity contribution in [2.45, 2.75) is 13.3 Å². The van der Waals surface area contributed by atoms with Gasteiger partial charge >= 0.3 is 0 Å². The number of anilines is 1. The van der Waals surface area contributed by atoms with Crippen LogP contribution in [0.2, 0.25) is 0 Å². The summed E-state index contributed by atoms with van der Waals surface area (Å²) in [7, 11) is 0. The standard InChI is InChI=1S/C17H14FNO2/c1-11-6-7-16-13(8-11)12(10-21-16)9-17(20)19-15-5-3-2-4-14(15)18/h2-8,10H,9H2,1H3,(H,19,20). The van der Waals surface area contributed by atoms with Gasteiger partial charge in [0.05, 0.1) is 18.4 Å². The smallest absolute Gasteiger partial charge is 0.229 e. The van der Waals surface area contributed by atoms with Gasteiger partial charge < -0.3 is 9.73 Å². The van der Waals surface area contributed by atoms with Gasteiger partial charge in [-0.2, -0.15) is 0 Å². The van der Waals surface area contributed by atoms with Crippen molar-refractivity contribution in [1.82, 2.24) is 0 Å². The average molecular weight is 283 g/mol. The molecule has 1 N–H and O–H groups in total. The molecule has 0 saturated carbocycles. The number of halogens is 1. The molecule has 2 aromatic carbocycles. The number of nitrogens with one attached hydrogen (secondary N) is 1. The van der Waals surface area contributed by atoms with Gasteiger partial charge in [0, 0.05) is 10.9 Å². The molecule has 0 saturated heterocycles. The van der Waals surface area contributed by atoms with Crippen molar-refractivity contribution in [2.75, 3.05) is 5.32 Å². The Balaban J connectivity index is 1.80. The molecule has 1 heterocycles. The Morgan fingerprint density at radius 1 is 1.24 bits per heavy atom. The minimum absolute atomic E-state index is 0.144. The van der Waals surface area contributed by atoms with Crippen LogP contribution in [-0.4, -0.2) is 5.91 Å². The number of para-hydroxylation sites is 1. The van der Waals surface area contributed by atoms with Gasteiger partial charge in [-0.05, 0) is 31.2 Å². The molecular weight excluding hydrogens is 269 g/mol. The predicted octanol–water partition coefficient (Wildman–Crippen LogP) is 4.06. The van der Waals surface area contributed by atoms with Crippen molar-refractivity contribution >= 4 is 22.6 Å². The lowest BCUT2D eigenvalue weighted by Gasteiger charge is -2.05. The molecule has 0 fully saturated rings. The second-order valence-corrected chi connectivity index (χ2v) is 4.97. The maximum absolute atomic E-state index is 13.5. The molecule has 0 radical (unpaired) electrons. The largest absolute Gasteiger partial charge is 0.464 e. The molecule has 3 nitrogen and oxygen atoms in total. The SMILES string of the molecule is Cc1ccc2occ(CC(=O)Nc3ccccc3F)c2c1. The van der Waals surface area contributed by atoms with Gasteiger partial charge in [-0.3, -0.25) is 4.79 Å². The van der Waals surface area contributed by atoms with Gasteiger partial charge in [0.1, 0.15) is 11.4 Å². The quantitative estimate of drug-likeness (QED) is 0.787. The molecule has 4 heteroatoms. The number of amides is 1. The summed E-state index contributed by atoms with van der Waals surface area (Å²) >= 11 is 0. The lowest BCUT2D eigenvalue weighted by molar-refractivity contribution is -0.115. The third-order valence-electron chi connectivity index (χ3n) is 3.31. The molecular formula is C17H14FNO2. The fourth-order valence-electron chi connectivity index (χ4n) is 2.26. The number of benzene rings is 2. The highest BCUT2D eigenvalue weighted by molar-refractivity contribution is 5.95. The molecule has 0 aliphatic heterocycles. The van der Waals surface area contributed by atoms with Crippen LogP contribution in [0.25, 0.3) is 11.0 Å². The van der Waals surface area contributed by atoms with Gasteiger partial charge in [-0.25, -0.2) is 4.39 Å². The van der Waals surface area contributed by atoms with Gasteiger partial charge in [0.15, 0.2) is 0 Å². The van der Waals surface area contributed by atoms with Crippen molar-refractivity contribution in [3.63, 3.8) is 0 Å². The van der Waals surface area contributed by atoms with Crippen molar-refractivity contribution in [1.29, 1.82) is 0 Å². The van der Waals surface area contributed by atoms with Gasteiger partial charge in [0.2, 0.25) is 5.91 Å². The maximum Gasteiger partial charge on any atom is 0.229 e. The number of rotatable bonds is 3. The van der Waals surface area contributed by atoms with E-state index in [-0.39, 0.29) is 18.0 Å². The molecule has 0 aliphatic carbocycles. The summed E-state index contributed by atoms with van der Waals surface area (Å²) in [5.74, 6) is -0.719. The molecule has 21 heavy (non-hydrogen) atoms. The highest BCUT2D eigenvalue weighted by atomic mass is 19.1. The van der Waals surface area contributed by atoms with Crippen LogP contribution < -0.4 is 5.32 Å². The molecule has 3 aromatic rings. The Morgan fingerprint density at radius 3 is 2.86 bits per heavy atom. The van der Waals surface area contributed by atoms with Crippen LogP contribution in [0.3, 0.4) is 0 Å². The van der Waals surface area contributed by atoms with Crippen LogP contribution in [0, 0.1) is 12.7 Å². The molecule has 3 rings (SSSR count). The Labute approximate surface area is 121 Å². The molecule has 0 atom stereocenters. The zero-order valence-electron chi connectivity index (χ0n) is 11.5. The summed E-state index contributed by atoms with van der Waals surface area (Å²) in [4.78, 5) is 12.0. The maximum atomic E-state index is 13.5. The van der Waals surface area contributed by atoms with Crippen LogP contribution in [0.15, 0.2) is 53.1 Å². The van der Waals surface area contributed by atoms with E-state index in [4.69, 9.17) is 4.42 Å². The molecule has 0 aliphatic rings. The number of fused-ring (bicyclic) bond motifs is 1. The topological polar surface area (TPSA) is 42.2 Å². The zero-order chi connectivity index (χ0) is 14.8. The fourth-order valence-corrected chi connectivity index (χ4v) is 2.26. The Hall–Kier alpha value is -2.62. The zero-order valence-corrected chi connectivity index (χ0v) is 11.5. The van der Waals surface area contributed by atoms with Crippen molar-refractivity contribution < 1.29 is 13.6 Å². The Bertz CT molecular complexity index is 807. The van der Waals surface area contributed by atoms with Crippen molar-refractivity contribution in [3.8, 4) is 0 Å². The van der Waals surface area contributed by atoms with E-state index in [1.807, 2.05) is 25.1 Å². The molecule has 0 unspecified atom stereocenters. The average Bonchev–Trinajstić information content (AvgIpc) is 2.84. The first-order valence-electron chi connectivity index (χ1n) is 6.64. The summed E-state index contributed by atoms with van der Waals surface area (Å²) in [6.07, 6.45) is 1.72. The third kappa shape index (κ3) is 2.79. The summed E-state index contributed by atoms with van der Waals surface area (Å²) in [6, 6.07) is 11.9. The highest BCUT2D eigenvalue weighted by Gasteiger charge is 2.12. The van der Waals surface area contributed by atoms with Gasteiger partial charge in [-0.15, -0.1) is 0 Å². The number of hydrogen-bond donors (Lipinski definition) is 1. The third-order valence-corrected chi connectivity index (χ3v) is 3.31. The number of aryl methyl sites for hydroxylation is 1. The first-order valence-corrected chi connectivity index (χ1v) is 6.64. The lowest BCUT2D eigenvalue weighted by Crippen LogP contribution is -2.15. The second-order valence-electron chi connectivity index (χ2n) is 4.97. The summed E-state index contributed by atoms with van der Waals surface area (Å²) < 4.78 is 18.9. The summed E-state index contributed by atoms with van der Waals surface area (Å²) in [5.41, 5.74) is 2.82. The Kier molecular flexibility index (Phi) is 3.44. The highest BCUT2D eigenvalue weighted by Crippen LogP contribution is 2.23. The predicted molar refractivity (Wildman–Crippen MR) is 79.7 cm³/mol. The molecule has 0 bridgehead atoms.